The first-order chi connectivity index (χ1) is 38.0. The smallest absolute Gasteiger partial charge is 0.306 e. The van der Waals surface area contributed by atoms with Crippen molar-refractivity contribution < 1.29 is 28.6 Å². The second kappa shape index (κ2) is 65.6. The molecule has 0 bridgehead atoms. The number of esters is 3. The van der Waals surface area contributed by atoms with Gasteiger partial charge < -0.3 is 14.2 Å². The summed E-state index contributed by atoms with van der Waals surface area (Å²) >= 11 is 0. The highest BCUT2D eigenvalue weighted by Crippen LogP contribution is 2.17. The maximum Gasteiger partial charge on any atom is 0.306 e. The van der Waals surface area contributed by atoms with Crippen molar-refractivity contribution in [2.45, 2.75) is 361 Å². The molecule has 6 heteroatoms. The van der Waals surface area contributed by atoms with Gasteiger partial charge in [0, 0.05) is 19.3 Å². The minimum atomic E-state index is -0.780. The molecule has 0 aliphatic heterocycles. The highest BCUT2D eigenvalue weighted by molar-refractivity contribution is 5.71. The normalized spacial score (nSPS) is 12.4. The lowest BCUT2D eigenvalue weighted by Gasteiger charge is -2.18. The molecule has 0 fully saturated rings. The van der Waals surface area contributed by atoms with E-state index in [1.54, 1.807) is 0 Å². The van der Waals surface area contributed by atoms with E-state index in [0.717, 1.165) is 83.5 Å². The van der Waals surface area contributed by atoms with Crippen LogP contribution in [0.3, 0.4) is 0 Å². The molecule has 0 rings (SSSR count). The number of unbranched alkanes of at least 4 members (excludes halogenated alkanes) is 41. The first kappa shape index (κ1) is 74.1. The Bertz CT molecular complexity index is 1380. The number of hydrogen-bond donors (Lipinski definition) is 0. The Morgan fingerprint density at radius 3 is 0.753 bits per heavy atom. The molecule has 0 aromatic carbocycles. The van der Waals surface area contributed by atoms with Gasteiger partial charge in [-0.1, -0.05) is 306 Å². The highest BCUT2D eigenvalue weighted by Gasteiger charge is 2.19. The summed E-state index contributed by atoms with van der Waals surface area (Å²) in [6, 6.07) is 0. The van der Waals surface area contributed by atoms with Gasteiger partial charge in [-0.2, -0.15) is 0 Å². The van der Waals surface area contributed by atoms with Gasteiger partial charge in [0.1, 0.15) is 13.2 Å². The standard InChI is InChI=1S/C71H128O6/c1-4-7-10-13-16-19-22-25-27-29-31-32-33-34-35-36-37-38-40-41-43-46-49-52-55-58-61-64-70(73)76-67-68(66-75-69(72)63-60-57-54-51-48-45-24-21-18-15-12-9-6-3)77-71(74)65-62-59-56-53-50-47-44-42-39-30-28-26-23-20-17-14-11-8-5-2/h17,20,22,25-26,28-29,31,39,42,68H,4-16,18-19,21,23-24,27,30,32-38,40-41,43-67H2,1-3H3/b20-17-,25-22-,28-26-,31-29-,42-39-. The van der Waals surface area contributed by atoms with Crippen LogP contribution < -0.4 is 0 Å². The van der Waals surface area contributed by atoms with Gasteiger partial charge in [-0.25, -0.2) is 0 Å². The van der Waals surface area contributed by atoms with Crippen LogP contribution in [0.15, 0.2) is 60.8 Å². The van der Waals surface area contributed by atoms with Crippen molar-refractivity contribution >= 4 is 17.9 Å². The van der Waals surface area contributed by atoms with Crippen LogP contribution in [-0.4, -0.2) is 37.2 Å². The molecule has 0 amide bonds. The van der Waals surface area contributed by atoms with Crippen molar-refractivity contribution in [1.82, 2.24) is 0 Å². The third-order valence-electron chi connectivity index (χ3n) is 15.0. The Morgan fingerprint density at radius 1 is 0.260 bits per heavy atom. The molecule has 0 heterocycles. The molecule has 0 saturated carbocycles. The third-order valence-corrected chi connectivity index (χ3v) is 15.0. The quantitative estimate of drug-likeness (QED) is 0.0261. The summed E-state index contributed by atoms with van der Waals surface area (Å²) in [6.07, 6.45) is 83.8. The van der Waals surface area contributed by atoms with Gasteiger partial charge in [-0.15, -0.1) is 0 Å². The summed E-state index contributed by atoms with van der Waals surface area (Å²) in [7, 11) is 0. The monoisotopic (exact) mass is 1080 g/mol. The molecule has 77 heavy (non-hydrogen) atoms. The number of hydrogen-bond acceptors (Lipinski definition) is 6. The number of ether oxygens (including phenoxy) is 3. The highest BCUT2D eigenvalue weighted by atomic mass is 16.6. The van der Waals surface area contributed by atoms with Gasteiger partial charge in [0.15, 0.2) is 6.10 Å². The number of allylic oxidation sites excluding steroid dienone is 10. The van der Waals surface area contributed by atoms with E-state index in [2.05, 4.69) is 81.5 Å². The van der Waals surface area contributed by atoms with Crippen molar-refractivity contribution in [2.24, 2.45) is 0 Å². The van der Waals surface area contributed by atoms with E-state index >= 15 is 0 Å². The fourth-order valence-corrected chi connectivity index (χ4v) is 9.89. The number of carbonyl (C=O) groups excluding carboxylic acids is 3. The summed E-state index contributed by atoms with van der Waals surface area (Å²) in [5.74, 6) is -0.868. The Kier molecular flexibility index (Phi) is 63.2. The first-order valence-electron chi connectivity index (χ1n) is 33.8. The van der Waals surface area contributed by atoms with Gasteiger partial charge >= 0.3 is 17.9 Å². The topological polar surface area (TPSA) is 78.9 Å². The molecule has 0 radical (unpaired) electrons. The fraction of sp³-hybridized carbons (Fsp3) is 0.817. The first-order valence-corrected chi connectivity index (χ1v) is 33.8. The maximum atomic E-state index is 12.9. The summed E-state index contributed by atoms with van der Waals surface area (Å²) in [6.45, 7) is 6.64. The minimum Gasteiger partial charge on any atom is -0.462 e. The third kappa shape index (κ3) is 63.8. The number of carbonyl (C=O) groups is 3. The predicted octanol–water partition coefficient (Wildman–Crippen LogP) is 23.1. The minimum absolute atomic E-state index is 0.0755. The van der Waals surface area contributed by atoms with E-state index in [1.165, 1.54) is 231 Å². The second-order valence-corrected chi connectivity index (χ2v) is 22.7. The SMILES string of the molecule is CCCCC/C=C\C/C=C\C/C=C\CCCCCCCCC(=O)OC(COC(=O)CCCCCCCCCCCCCCC)COC(=O)CCCCCCCCCCCCCCCCC/C=C\C/C=C\CCCCCCC. The van der Waals surface area contributed by atoms with Crippen LogP contribution in [0.5, 0.6) is 0 Å². The average Bonchev–Trinajstić information content (AvgIpc) is 3.43. The fourth-order valence-electron chi connectivity index (χ4n) is 9.89. The van der Waals surface area contributed by atoms with Crippen LogP contribution in [-0.2, 0) is 28.6 Å². The van der Waals surface area contributed by atoms with Crippen molar-refractivity contribution in [3.8, 4) is 0 Å². The van der Waals surface area contributed by atoms with E-state index in [1.807, 2.05) is 0 Å². The van der Waals surface area contributed by atoms with Gasteiger partial charge in [-0.05, 0) is 89.9 Å². The van der Waals surface area contributed by atoms with Gasteiger partial charge in [0.2, 0.25) is 0 Å². The summed E-state index contributed by atoms with van der Waals surface area (Å²) < 4.78 is 17.0. The molecule has 0 aromatic rings. The molecular formula is C71H128O6. The van der Waals surface area contributed by atoms with Crippen LogP contribution in [0.25, 0.3) is 0 Å². The second-order valence-electron chi connectivity index (χ2n) is 22.7. The molecule has 0 spiro atoms. The molecule has 0 aliphatic carbocycles. The Hall–Kier alpha value is -2.89. The van der Waals surface area contributed by atoms with E-state index in [0.29, 0.717) is 19.3 Å². The lowest BCUT2D eigenvalue weighted by molar-refractivity contribution is -0.167. The molecule has 0 aliphatic rings. The van der Waals surface area contributed by atoms with Crippen molar-refractivity contribution in [2.75, 3.05) is 13.2 Å². The number of rotatable bonds is 62. The molecule has 0 aromatic heterocycles. The van der Waals surface area contributed by atoms with E-state index in [-0.39, 0.29) is 31.1 Å². The molecule has 6 nitrogen and oxygen atoms in total. The molecule has 1 atom stereocenters. The summed E-state index contributed by atoms with van der Waals surface area (Å²) in [5, 5.41) is 0. The zero-order chi connectivity index (χ0) is 55.7. The van der Waals surface area contributed by atoms with Crippen LogP contribution >= 0.6 is 0 Å². The Balaban J connectivity index is 4.26. The van der Waals surface area contributed by atoms with Crippen LogP contribution in [0.4, 0.5) is 0 Å². The van der Waals surface area contributed by atoms with Crippen molar-refractivity contribution in [3.05, 3.63) is 60.8 Å². The van der Waals surface area contributed by atoms with Crippen molar-refractivity contribution in [1.29, 1.82) is 0 Å². The summed E-state index contributed by atoms with van der Waals surface area (Å²) in [4.78, 5) is 38.3. The van der Waals surface area contributed by atoms with Gasteiger partial charge in [0.05, 0.1) is 0 Å². The van der Waals surface area contributed by atoms with E-state index in [4.69, 9.17) is 14.2 Å². The van der Waals surface area contributed by atoms with Crippen LogP contribution in [0.1, 0.15) is 355 Å². The maximum absolute atomic E-state index is 12.9. The summed E-state index contributed by atoms with van der Waals surface area (Å²) in [5.41, 5.74) is 0. The zero-order valence-electron chi connectivity index (χ0n) is 51.5. The molecule has 0 N–H and O–H groups in total. The lowest BCUT2D eigenvalue weighted by Crippen LogP contribution is -2.30. The predicted molar refractivity (Wildman–Crippen MR) is 335 cm³/mol. The van der Waals surface area contributed by atoms with Gasteiger partial charge in [0.25, 0.3) is 0 Å². The van der Waals surface area contributed by atoms with E-state index in [9.17, 15) is 14.4 Å². The molecule has 448 valence electrons. The lowest BCUT2D eigenvalue weighted by atomic mass is 10.0. The van der Waals surface area contributed by atoms with Crippen molar-refractivity contribution in [3.63, 3.8) is 0 Å². The Labute approximate surface area is 479 Å². The molecule has 1 unspecified atom stereocenters. The molecule has 0 saturated heterocycles. The van der Waals surface area contributed by atoms with Gasteiger partial charge in [-0.3, -0.25) is 14.4 Å². The molecular weight excluding hydrogens is 949 g/mol. The van der Waals surface area contributed by atoms with E-state index < -0.39 is 6.10 Å². The van der Waals surface area contributed by atoms with Crippen LogP contribution in [0, 0.1) is 0 Å². The Morgan fingerprint density at radius 2 is 0.468 bits per heavy atom. The zero-order valence-corrected chi connectivity index (χ0v) is 51.5. The van der Waals surface area contributed by atoms with Crippen LogP contribution in [0.2, 0.25) is 0 Å². The average molecular weight is 1080 g/mol. The largest absolute Gasteiger partial charge is 0.462 e.